The normalized spacial score (nSPS) is 11.0. The van der Waals surface area contributed by atoms with E-state index in [1.54, 1.807) is 0 Å². The number of nitrogens with zero attached hydrogens (tertiary/aromatic N) is 2. The van der Waals surface area contributed by atoms with Gasteiger partial charge in [0.15, 0.2) is 17.3 Å². The summed E-state index contributed by atoms with van der Waals surface area (Å²) in [5, 5.41) is 0. The first kappa shape index (κ1) is 13.7. The topological polar surface area (TPSA) is 29.9 Å². The number of hydrogen-bond acceptors (Lipinski definition) is 2. The fraction of sp³-hybridized carbons (Fsp3) is 0.100. The third-order valence-corrected chi connectivity index (χ3v) is 4.09. The van der Waals surface area contributed by atoms with Gasteiger partial charge in [-0.2, -0.15) is 4.57 Å². The number of hydrogen-bond donors (Lipinski definition) is 0. The molecule has 0 spiro atoms. The second-order valence-corrected chi connectivity index (χ2v) is 5.72. The van der Waals surface area contributed by atoms with Crippen molar-refractivity contribution in [2.24, 2.45) is 7.05 Å². The van der Waals surface area contributed by atoms with Crippen LogP contribution < -0.4 is 4.57 Å². The van der Waals surface area contributed by atoms with Crippen LogP contribution in [0.1, 0.15) is 5.56 Å². The van der Waals surface area contributed by atoms with E-state index in [1.807, 2.05) is 43.6 Å². The van der Waals surface area contributed by atoms with Crippen LogP contribution in [0.4, 0.5) is 0 Å². The molecule has 3 nitrogen and oxygen atoms in total. The van der Waals surface area contributed by atoms with Crippen LogP contribution in [0.25, 0.3) is 33.8 Å². The third kappa shape index (κ3) is 2.40. The van der Waals surface area contributed by atoms with E-state index in [4.69, 9.17) is 4.42 Å². The van der Waals surface area contributed by atoms with Gasteiger partial charge in [-0.3, -0.25) is 0 Å². The predicted molar refractivity (Wildman–Crippen MR) is 90.8 cm³/mol. The second kappa shape index (κ2) is 5.36. The van der Waals surface area contributed by atoms with Gasteiger partial charge in [0.25, 0.3) is 0 Å². The second-order valence-electron chi connectivity index (χ2n) is 5.72. The SMILES string of the molecule is Cc1ccccc1-c1cc2oc(-c3ccccc3)nc2c[n+]1C. The maximum absolute atomic E-state index is 5.99. The molecule has 2 aromatic carbocycles. The van der Waals surface area contributed by atoms with E-state index >= 15 is 0 Å². The van der Waals surface area contributed by atoms with E-state index in [0.29, 0.717) is 5.89 Å². The van der Waals surface area contributed by atoms with Gasteiger partial charge in [-0.25, -0.2) is 4.98 Å². The molecule has 0 saturated carbocycles. The van der Waals surface area contributed by atoms with Crippen molar-refractivity contribution in [3.63, 3.8) is 0 Å². The zero-order valence-corrected chi connectivity index (χ0v) is 13.2. The number of rotatable bonds is 2. The lowest BCUT2D eigenvalue weighted by molar-refractivity contribution is -0.659. The quantitative estimate of drug-likeness (QED) is 0.517. The van der Waals surface area contributed by atoms with Crippen molar-refractivity contribution in [1.82, 2.24) is 4.98 Å². The highest BCUT2D eigenvalue weighted by atomic mass is 16.3. The Balaban J connectivity index is 1.89. The van der Waals surface area contributed by atoms with Gasteiger partial charge in [-0.15, -0.1) is 0 Å². The minimum Gasteiger partial charge on any atom is -0.436 e. The average molecular weight is 301 g/mol. The van der Waals surface area contributed by atoms with Crippen LogP contribution >= 0.6 is 0 Å². The molecule has 2 heterocycles. The minimum atomic E-state index is 0.655. The Morgan fingerprint density at radius 3 is 2.48 bits per heavy atom. The number of benzene rings is 2. The lowest BCUT2D eigenvalue weighted by Crippen LogP contribution is -2.30. The Labute approximate surface area is 134 Å². The van der Waals surface area contributed by atoms with Gasteiger partial charge in [-0.05, 0) is 30.7 Å². The number of pyridine rings is 1. The molecule has 112 valence electrons. The number of oxazole rings is 1. The summed E-state index contributed by atoms with van der Waals surface area (Å²) in [6.45, 7) is 2.12. The molecular formula is C20H17N2O+. The molecule has 0 aliphatic heterocycles. The summed E-state index contributed by atoms with van der Waals surface area (Å²) < 4.78 is 8.09. The summed E-state index contributed by atoms with van der Waals surface area (Å²) in [5.74, 6) is 0.655. The number of fused-ring (bicyclic) bond motifs is 1. The van der Waals surface area contributed by atoms with Crippen molar-refractivity contribution in [2.45, 2.75) is 6.92 Å². The molecule has 2 aromatic heterocycles. The van der Waals surface area contributed by atoms with E-state index in [2.05, 4.69) is 46.8 Å². The molecular weight excluding hydrogens is 284 g/mol. The van der Waals surface area contributed by atoms with Gasteiger partial charge in [0.1, 0.15) is 7.05 Å². The first-order chi connectivity index (χ1) is 11.2. The van der Waals surface area contributed by atoms with Gasteiger partial charge >= 0.3 is 0 Å². The van der Waals surface area contributed by atoms with Crippen molar-refractivity contribution in [3.05, 3.63) is 72.4 Å². The molecule has 0 saturated heterocycles. The molecule has 0 aliphatic carbocycles. The van der Waals surface area contributed by atoms with Crippen LogP contribution in [-0.2, 0) is 7.05 Å². The van der Waals surface area contributed by atoms with Gasteiger partial charge in [-0.1, -0.05) is 36.4 Å². The van der Waals surface area contributed by atoms with Crippen LogP contribution in [0.2, 0.25) is 0 Å². The summed E-state index contributed by atoms with van der Waals surface area (Å²) >= 11 is 0. The molecule has 4 aromatic rings. The molecule has 0 radical (unpaired) electrons. The zero-order chi connectivity index (χ0) is 15.8. The van der Waals surface area contributed by atoms with E-state index in [-0.39, 0.29) is 0 Å². The summed E-state index contributed by atoms with van der Waals surface area (Å²) in [7, 11) is 2.04. The molecule has 0 amide bonds. The fourth-order valence-corrected chi connectivity index (χ4v) is 2.85. The summed E-state index contributed by atoms with van der Waals surface area (Å²) in [4.78, 5) is 4.61. The van der Waals surface area contributed by atoms with Crippen LogP contribution in [0.3, 0.4) is 0 Å². The van der Waals surface area contributed by atoms with E-state index < -0.39 is 0 Å². The highest BCUT2D eigenvalue weighted by Crippen LogP contribution is 2.27. The van der Waals surface area contributed by atoms with Crippen LogP contribution in [0.5, 0.6) is 0 Å². The van der Waals surface area contributed by atoms with Gasteiger partial charge in [0.2, 0.25) is 11.6 Å². The Bertz CT molecular complexity index is 987. The maximum Gasteiger partial charge on any atom is 0.227 e. The fourth-order valence-electron chi connectivity index (χ4n) is 2.85. The molecule has 0 aliphatic rings. The van der Waals surface area contributed by atoms with Gasteiger partial charge in [0.05, 0.1) is 6.07 Å². The number of aryl methyl sites for hydroxylation is 2. The van der Waals surface area contributed by atoms with Crippen molar-refractivity contribution in [3.8, 4) is 22.7 Å². The largest absolute Gasteiger partial charge is 0.436 e. The monoisotopic (exact) mass is 301 g/mol. The lowest BCUT2D eigenvalue weighted by Gasteiger charge is -2.03. The summed E-state index contributed by atoms with van der Waals surface area (Å²) in [5.41, 5.74) is 6.22. The summed E-state index contributed by atoms with van der Waals surface area (Å²) in [6, 6.07) is 20.4. The van der Waals surface area contributed by atoms with Gasteiger partial charge in [0, 0.05) is 11.1 Å². The lowest BCUT2D eigenvalue weighted by atomic mass is 10.0. The molecule has 0 bridgehead atoms. The molecule has 23 heavy (non-hydrogen) atoms. The van der Waals surface area contributed by atoms with Crippen LogP contribution in [-0.4, -0.2) is 4.98 Å². The third-order valence-electron chi connectivity index (χ3n) is 4.09. The Hall–Kier alpha value is -2.94. The summed E-state index contributed by atoms with van der Waals surface area (Å²) in [6.07, 6.45) is 2.02. The maximum atomic E-state index is 5.99. The Morgan fingerprint density at radius 1 is 0.957 bits per heavy atom. The van der Waals surface area contributed by atoms with Crippen molar-refractivity contribution >= 4 is 11.1 Å². The zero-order valence-electron chi connectivity index (χ0n) is 13.2. The van der Waals surface area contributed by atoms with E-state index in [9.17, 15) is 0 Å². The molecule has 3 heteroatoms. The van der Waals surface area contributed by atoms with Gasteiger partial charge < -0.3 is 4.42 Å². The van der Waals surface area contributed by atoms with Crippen LogP contribution in [0.15, 0.2) is 71.3 Å². The van der Waals surface area contributed by atoms with Crippen molar-refractivity contribution < 1.29 is 8.98 Å². The number of aromatic nitrogens is 2. The molecule has 0 fully saturated rings. The Morgan fingerprint density at radius 2 is 1.70 bits per heavy atom. The Kier molecular flexibility index (Phi) is 3.19. The first-order valence-corrected chi connectivity index (χ1v) is 7.64. The first-order valence-electron chi connectivity index (χ1n) is 7.64. The molecule has 0 N–H and O–H groups in total. The molecule has 0 unspecified atom stereocenters. The smallest absolute Gasteiger partial charge is 0.227 e. The highest BCUT2D eigenvalue weighted by Gasteiger charge is 2.17. The highest BCUT2D eigenvalue weighted by molar-refractivity contribution is 5.78. The molecule has 4 rings (SSSR count). The minimum absolute atomic E-state index is 0.655. The molecule has 0 atom stereocenters. The van der Waals surface area contributed by atoms with E-state index in [1.165, 1.54) is 11.1 Å². The van der Waals surface area contributed by atoms with Crippen molar-refractivity contribution in [1.29, 1.82) is 0 Å². The van der Waals surface area contributed by atoms with Crippen LogP contribution in [0, 0.1) is 6.92 Å². The van der Waals surface area contributed by atoms with Crippen molar-refractivity contribution in [2.75, 3.05) is 0 Å². The van der Waals surface area contributed by atoms with E-state index in [0.717, 1.165) is 22.4 Å². The average Bonchev–Trinajstić information content (AvgIpc) is 2.98. The standard InChI is InChI=1S/C20H17N2O/c1-14-8-6-7-11-16(14)18-12-19-17(13-22(18)2)21-20(23-19)15-9-4-3-5-10-15/h3-13H,1-2H3/q+1. The predicted octanol–water partition coefficient (Wildman–Crippen LogP) is 4.29.